The summed E-state index contributed by atoms with van der Waals surface area (Å²) in [5.41, 5.74) is 1.15. The predicted molar refractivity (Wildman–Crippen MR) is 117 cm³/mol. The van der Waals surface area contributed by atoms with Crippen LogP contribution in [0.3, 0.4) is 0 Å². The average Bonchev–Trinajstić information content (AvgIpc) is 2.79. The molecule has 0 unspecified atom stereocenters. The number of pyridine rings is 1. The van der Waals surface area contributed by atoms with Gasteiger partial charge in [-0.15, -0.1) is 0 Å². The smallest absolute Gasteiger partial charge is 0.243 e. The predicted octanol–water partition coefficient (Wildman–Crippen LogP) is 4.10. The number of nitrogens with zero attached hydrogens (tertiary/aromatic N) is 2. The molecule has 0 bridgehead atoms. The Bertz CT molecular complexity index is 1320. The minimum absolute atomic E-state index is 0.0979. The van der Waals surface area contributed by atoms with E-state index in [1.54, 1.807) is 36.7 Å². The van der Waals surface area contributed by atoms with E-state index in [-0.39, 0.29) is 40.5 Å². The summed E-state index contributed by atoms with van der Waals surface area (Å²) in [5, 5.41) is 0. The number of piperidine rings is 1. The molecule has 0 atom stereocenters. The molecule has 1 saturated heterocycles. The fraction of sp³-hybridized carbons (Fsp3) is 0.0833. The van der Waals surface area contributed by atoms with Gasteiger partial charge in [-0.2, -0.15) is 4.31 Å². The molecule has 4 rings (SSSR count). The second kappa shape index (κ2) is 8.94. The number of rotatable bonds is 4. The topological polar surface area (TPSA) is 67.3 Å². The summed E-state index contributed by atoms with van der Waals surface area (Å²) in [7, 11) is -4.04. The lowest BCUT2D eigenvalue weighted by Crippen LogP contribution is -2.41. The van der Waals surface area contributed by atoms with Crippen molar-refractivity contribution in [2.24, 2.45) is 0 Å². The van der Waals surface area contributed by atoms with Crippen LogP contribution in [-0.4, -0.2) is 36.6 Å². The van der Waals surface area contributed by atoms with E-state index in [4.69, 9.17) is 0 Å². The Hall–Kier alpha value is -3.49. The van der Waals surface area contributed by atoms with Crippen molar-refractivity contribution < 1.29 is 22.0 Å². The highest BCUT2D eigenvalue weighted by Gasteiger charge is 2.34. The largest absolute Gasteiger partial charge is 0.289 e. The summed E-state index contributed by atoms with van der Waals surface area (Å²) < 4.78 is 55.1. The summed E-state index contributed by atoms with van der Waals surface area (Å²) in [5.74, 6) is -1.46. The minimum atomic E-state index is -4.04. The van der Waals surface area contributed by atoms with E-state index < -0.39 is 21.7 Å². The van der Waals surface area contributed by atoms with Crippen LogP contribution in [0.15, 0.2) is 89.1 Å². The molecule has 32 heavy (non-hydrogen) atoms. The van der Waals surface area contributed by atoms with Gasteiger partial charge in [0.05, 0.1) is 4.90 Å². The maximum absolute atomic E-state index is 14.2. The van der Waals surface area contributed by atoms with Crippen LogP contribution in [0.25, 0.3) is 12.2 Å². The molecule has 1 aliphatic rings. The van der Waals surface area contributed by atoms with Gasteiger partial charge in [0, 0.05) is 42.2 Å². The Morgan fingerprint density at radius 3 is 2.22 bits per heavy atom. The van der Waals surface area contributed by atoms with E-state index in [1.165, 1.54) is 36.4 Å². The van der Waals surface area contributed by atoms with E-state index in [2.05, 4.69) is 4.98 Å². The zero-order chi connectivity index (χ0) is 22.7. The Kier molecular flexibility index (Phi) is 6.07. The van der Waals surface area contributed by atoms with Crippen LogP contribution in [0.4, 0.5) is 8.78 Å². The first-order chi connectivity index (χ1) is 15.3. The Morgan fingerprint density at radius 2 is 1.56 bits per heavy atom. The molecule has 2 aromatic carbocycles. The first-order valence-electron chi connectivity index (χ1n) is 9.71. The molecule has 2 heterocycles. The number of hydrogen-bond donors (Lipinski definition) is 0. The van der Waals surface area contributed by atoms with Gasteiger partial charge in [0.1, 0.15) is 11.6 Å². The van der Waals surface area contributed by atoms with Crippen LogP contribution in [0.5, 0.6) is 0 Å². The van der Waals surface area contributed by atoms with Crippen molar-refractivity contribution in [1.82, 2.24) is 9.29 Å². The molecular weight excluding hydrogens is 434 g/mol. The van der Waals surface area contributed by atoms with E-state index in [0.29, 0.717) is 5.56 Å². The van der Waals surface area contributed by atoms with E-state index >= 15 is 0 Å². The normalized spacial score (nSPS) is 17.8. The van der Waals surface area contributed by atoms with Crippen molar-refractivity contribution in [1.29, 1.82) is 0 Å². The van der Waals surface area contributed by atoms with Crippen LogP contribution in [0, 0.1) is 11.6 Å². The molecule has 0 saturated carbocycles. The van der Waals surface area contributed by atoms with Crippen LogP contribution >= 0.6 is 0 Å². The maximum atomic E-state index is 14.2. The van der Waals surface area contributed by atoms with E-state index in [0.717, 1.165) is 16.4 Å². The summed E-state index contributed by atoms with van der Waals surface area (Å²) in [6.45, 7) is -0.417. The number of ketones is 1. The number of carbonyl (C=O) groups is 1. The van der Waals surface area contributed by atoms with Gasteiger partial charge in [-0.25, -0.2) is 17.2 Å². The number of benzene rings is 2. The number of Topliss-reactive ketones (excluding diaryl/α,β-unsaturated/α-hetero) is 1. The highest BCUT2D eigenvalue weighted by molar-refractivity contribution is 7.89. The fourth-order valence-electron chi connectivity index (χ4n) is 3.38. The number of carbonyl (C=O) groups excluding carboxylic acids is 1. The van der Waals surface area contributed by atoms with Gasteiger partial charge in [0.15, 0.2) is 5.78 Å². The molecule has 0 radical (unpaired) electrons. The van der Waals surface area contributed by atoms with Gasteiger partial charge in [-0.05, 0) is 54.1 Å². The van der Waals surface area contributed by atoms with Crippen molar-refractivity contribution in [3.05, 3.63) is 107 Å². The Morgan fingerprint density at radius 1 is 0.875 bits per heavy atom. The molecule has 0 spiro atoms. The Labute approximate surface area is 184 Å². The summed E-state index contributed by atoms with van der Waals surface area (Å²) >= 11 is 0. The molecule has 0 N–H and O–H groups in total. The van der Waals surface area contributed by atoms with Crippen molar-refractivity contribution in [3.63, 3.8) is 0 Å². The quantitative estimate of drug-likeness (QED) is 0.559. The highest BCUT2D eigenvalue weighted by Crippen LogP contribution is 2.27. The number of sulfonamides is 1. The van der Waals surface area contributed by atoms with Gasteiger partial charge in [0.25, 0.3) is 0 Å². The second-order valence-electron chi connectivity index (χ2n) is 7.20. The summed E-state index contributed by atoms with van der Waals surface area (Å²) in [4.78, 5) is 17.1. The molecule has 3 aromatic rings. The van der Waals surface area contributed by atoms with Crippen molar-refractivity contribution in [2.45, 2.75) is 4.90 Å². The van der Waals surface area contributed by atoms with Gasteiger partial charge >= 0.3 is 0 Å². The molecule has 0 amide bonds. The number of aromatic nitrogens is 1. The lowest BCUT2D eigenvalue weighted by Gasteiger charge is -2.29. The van der Waals surface area contributed by atoms with Crippen LogP contribution in [-0.2, 0) is 14.8 Å². The number of hydrogen-bond acceptors (Lipinski definition) is 4. The van der Waals surface area contributed by atoms with Crippen LogP contribution < -0.4 is 0 Å². The molecule has 1 aromatic heterocycles. The molecule has 1 aliphatic heterocycles. The van der Waals surface area contributed by atoms with Gasteiger partial charge in [-0.1, -0.05) is 24.3 Å². The highest BCUT2D eigenvalue weighted by atomic mass is 32.2. The van der Waals surface area contributed by atoms with Crippen molar-refractivity contribution >= 4 is 28.0 Å². The second-order valence-corrected chi connectivity index (χ2v) is 9.14. The first-order valence-corrected chi connectivity index (χ1v) is 11.1. The van der Waals surface area contributed by atoms with E-state index in [1.807, 2.05) is 0 Å². The van der Waals surface area contributed by atoms with E-state index in [9.17, 15) is 22.0 Å². The summed E-state index contributed by atoms with van der Waals surface area (Å²) in [6, 6.07) is 13.8. The lowest BCUT2D eigenvalue weighted by molar-refractivity contribution is -0.113. The third kappa shape index (κ3) is 4.56. The SMILES string of the molecule is O=C1/C(=C/c2cccnc2)CN(S(=O)(=O)c2ccc(F)cc2)C/C1=C\c1ccccc1F. The summed E-state index contributed by atoms with van der Waals surface area (Å²) in [6.07, 6.45) is 6.06. The minimum Gasteiger partial charge on any atom is -0.289 e. The van der Waals surface area contributed by atoms with Gasteiger partial charge in [-0.3, -0.25) is 9.78 Å². The number of halogens is 2. The molecule has 0 aliphatic carbocycles. The van der Waals surface area contributed by atoms with Crippen LogP contribution in [0.2, 0.25) is 0 Å². The molecule has 162 valence electrons. The standard InChI is InChI=1S/C24H18F2N2O3S/c25-21-7-9-22(10-8-21)32(30,31)28-15-19(12-17-4-3-11-27-14-17)24(29)20(16-28)13-18-5-1-2-6-23(18)26/h1-14H,15-16H2/b19-12+,20-13+. The van der Waals surface area contributed by atoms with Crippen molar-refractivity contribution in [2.75, 3.05) is 13.1 Å². The monoisotopic (exact) mass is 452 g/mol. The third-order valence-electron chi connectivity index (χ3n) is 4.99. The third-order valence-corrected chi connectivity index (χ3v) is 6.79. The molecule has 5 nitrogen and oxygen atoms in total. The Balaban J connectivity index is 1.79. The molecule has 8 heteroatoms. The maximum Gasteiger partial charge on any atom is 0.243 e. The average molecular weight is 452 g/mol. The lowest BCUT2D eigenvalue weighted by atomic mass is 9.96. The fourth-order valence-corrected chi connectivity index (χ4v) is 4.77. The molecular formula is C24H18F2N2O3S. The van der Waals surface area contributed by atoms with Crippen molar-refractivity contribution in [3.8, 4) is 0 Å². The zero-order valence-electron chi connectivity index (χ0n) is 16.8. The van der Waals surface area contributed by atoms with Crippen LogP contribution in [0.1, 0.15) is 11.1 Å². The molecule has 1 fully saturated rings. The first kappa shape index (κ1) is 21.7. The van der Waals surface area contributed by atoms with Gasteiger partial charge < -0.3 is 0 Å². The zero-order valence-corrected chi connectivity index (χ0v) is 17.6. The van der Waals surface area contributed by atoms with Gasteiger partial charge in [0.2, 0.25) is 10.0 Å².